The first-order valence-electron chi connectivity index (χ1n) is 11.3. The van der Waals surface area contributed by atoms with Crippen LogP contribution >= 0.6 is 0 Å². The van der Waals surface area contributed by atoms with Gasteiger partial charge < -0.3 is 9.80 Å². The minimum absolute atomic E-state index is 0.179. The van der Waals surface area contributed by atoms with Gasteiger partial charge in [-0.15, -0.1) is 12.3 Å². The van der Waals surface area contributed by atoms with E-state index in [-0.39, 0.29) is 23.4 Å². The van der Waals surface area contributed by atoms with Crippen LogP contribution < -0.4 is 0 Å². The van der Waals surface area contributed by atoms with Crippen molar-refractivity contribution in [2.45, 2.75) is 76.3 Å². The number of hydrogen-bond donors (Lipinski definition) is 0. The number of likely N-dealkylation sites (tertiary alicyclic amines) is 2. The fourth-order valence-electron chi connectivity index (χ4n) is 5.75. The molecule has 4 heteroatoms. The molecule has 1 aliphatic carbocycles. The molecule has 2 saturated heterocycles. The van der Waals surface area contributed by atoms with E-state index in [1.165, 1.54) is 12.0 Å². The summed E-state index contributed by atoms with van der Waals surface area (Å²) in [6.45, 7) is 1.50. The van der Waals surface area contributed by atoms with Gasteiger partial charge in [-0.2, -0.15) is 0 Å². The van der Waals surface area contributed by atoms with E-state index >= 15 is 0 Å². The van der Waals surface area contributed by atoms with E-state index in [9.17, 15) is 9.59 Å². The summed E-state index contributed by atoms with van der Waals surface area (Å²) in [6, 6.07) is 11.0. The van der Waals surface area contributed by atoms with Crippen molar-refractivity contribution < 1.29 is 9.59 Å². The molecule has 2 aliphatic heterocycles. The van der Waals surface area contributed by atoms with Crippen LogP contribution in [0.3, 0.4) is 0 Å². The molecular formula is C25H32N2O2. The van der Waals surface area contributed by atoms with Gasteiger partial charge in [-0.25, -0.2) is 0 Å². The molecule has 4 nitrogen and oxygen atoms in total. The van der Waals surface area contributed by atoms with Gasteiger partial charge >= 0.3 is 0 Å². The first kappa shape index (κ1) is 20.0. The van der Waals surface area contributed by atoms with Crippen molar-refractivity contribution in [1.82, 2.24) is 9.80 Å². The van der Waals surface area contributed by atoms with Gasteiger partial charge in [0.25, 0.3) is 0 Å². The van der Waals surface area contributed by atoms with Crippen LogP contribution in [0.2, 0.25) is 0 Å². The quantitative estimate of drug-likeness (QED) is 0.425. The highest BCUT2D eigenvalue weighted by Gasteiger charge is 2.62. The summed E-state index contributed by atoms with van der Waals surface area (Å²) in [4.78, 5) is 30.0. The maximum absolute atomic E-state index is 13.4. The van der Waals surface area contributed by atoms with Gasteiger partial charge in [0, 0.05) is 32.0 Å². The van der Waals surface area contributed by atoms with Gasteiger partial charge in [0.2, 0.25) is 11.8 Å². The lowest BCUT2D eigenvalue weighted by Gasteiger charge is -2.61. The number of unbranched alkanes of at least 4 members (excludes halogenated alkanes) is 1. The molecule has 154 valence electrons. The summed E-state index contributed by atoms with van der Waals surface area (Å²) in [5.41, 5.74) is 1.10. The Bertz CT molecular complexity index is 768. The van der Waals surface area contributed by atoms with Gasteiger partial charge in [-0.3, -0.25) is 9.59 Å². The zero-order chi connectivity index (χ0) is 20.3. The lowest BCUT2D eigenvalue weighted by Crippen LogP contribution is -2.67. The fraction of sp³-hybridized carbons (Fsp3) is 0.600. The topological polar surface area (TPSA) is 40.6 Å². The van der Waals surface area contributed by atoms with Crippen molar-refractivity contribution >= 4 is 11.8 Å². The number of amides is 2. The number of piperidine rings is 1. The molecule has 1 atom stereocenters. The Morgan fingerprint density at radius 3 is 2.45 bits per heavy atom. The molecule has 1 aromatic rings. The monoisotopic (exact) mass is 392 g/mol. The highest BCUT2D eigenvalue weighted by atomic mass is 16.2. The van der Waals surface area contributed by atoms with E-state index in [1.54, 1.807) is 0 Å². The molecule has 1 saturated carbocycles. The molecule has 2 heterocycles. The highest BCUT2D eigenvalue weighted by Crippen LogP contribution is 2.59. The third kappa shape index (κ3) is 3.68. The molecule has 1 aromatic carbocycles. The van der Waals surface area contributed by atoms with Crippen LogP contribution in [-0.2, 0) is 9.59 Å². The Morgan fingerprint density at radius 1 is 1.10 bits per heavy atom. The number of β-lactam (4-membered cyclic amide) rings is 1. The fourth-order valence-corrected chi connectivity index (χ4v) is 5.75. The van der Waals surface area contributed by atoms with Gasteiger partial charge in [0.15, 0.2) is 0 Å². The molecule has 0 radical (unpaired) electrons. The average Bonchev–Trinajstić information content (AvgIpc) is 2.78. The summed E-state index contributed by atoms with van der Waals surface area (Å²) >= 11 is 0. The largest absolute Gasteiger partial charge is 0.343 e. The second kappa shape index (κ2) is 8.61. The number of terminal acetylenes is 1. The van der Waals surface area contributed by atoms with Gasteiger partial charge in [0.1, 0.15) is 0 Å². The van der Waals surface area contributed by atoms with Crippen molar-refractivity contribution in [2.75, 3.05) is 13.1 Å². The summed E-state index contributed by atoms with van der Waals surface area (Å²) in [5.74, 6) is 3.17. The number of nitrogens with zero attached hydrogens (tertiary/aromatic N) is 2. The Balaban J connectivity index is 1.45. The smallest absolute Gasteiger partial charge is 0.232 e. The molecule has 29 heavy (non-hydrogen) atoms. The molecule has 3 fully saturated rings. The summed E-state index contributed by atoms with van der Waals surface area (Å²) in [7, 11) is 0. The van der Waals surface area contributed by atoms with Crippen LogP contribution in [0.1, 0.15) is 75.8 Å². The van der Waals surface area contributed by atoms with Crippen LogP contribution in [0.25, 0.3) is 0 Å². The zero-order valence-electron chi connectivity index (χ0n) is 17.3. The number of rotatable bonds is 5. The van der Waals surface area contributed by atoms with E-state index in [0.29, 0.717) is 18.7 Å². The average molecular weight is 393 g/mol. The summed E-state index contributed by atoms with van der Waals surface area (Å²) in [5, 5.41) is 0. The molecule has 1 spiro atoms. The van der Waals surface area contributed by atoms with Crippen molar-refractivity contribution in [3.63, 3.8) is 0 Å². The standard InChI is InChI=1S/C25H32N2O2/c1-2-3-6-13-22(28)26-18-14-21(15-19-26)27-23(20-11-7-4-8-12-20)25(24(27)29)16-9-5-10-17-25/h1,4,7-8,11-12,21,23H,3,5-6,9-10,13-19H2. The van der Waals surface area contributed by atoms with Gasteiger partial charge in [-0.1, -0.05) is 49.6 Å². The molecule has 0 aromatic heterocycles. The number of benzene rings is 1. The van der Waals surface area contributed by atoms with Crippen LogP contribution in [-0.4, -0.2) is 40.7 Å². The summed E-state index contributed by atoms with van der Waals surface area (Å²) < 4.78 is 0. The van der Waals surface area contributed by atoms with Gasteiger partial charge in [0.05, 0.1) is 11.5 Å². The van der Waals surface area contributed by atoms with Crippen molar-refractivity contribution in [3.8, 4) is 12.3 Å². The van der Waals surface area contributed by atoms with Crippen molar-refractivity contribution in [3.05, 3.63) is 35.9 Å². The SMILES string of the molecule is C#CCCCC(=O)N1CCC(N2C(=O)C3(CCCCC3)C2c2ccccc2)CC1. The predicted molar refractivity (Wildman–Crippen MR) is 114 cm³/mol. The molecule has 4 rings (SSSR count). The van der Waals surface area contributed by atoms with Crippen LogP contribution in [0.5, 0.6) is 0 Å². The Kier molecular flexibility index (Phi) is 5.94. The summed E-state index contributed by atoms with van der Waals surface area (Å²) in [6.07, 6.45) is 14.6. The second-order valence-corrected chi connectivity index (χ2v) is 8.91. The van der Waals surface area contributed by atoms with Crippen molar-refractivity contribution in [1.29, 1.82) is 0 Å². The lowest BCUT2D eigenvalue weighted by molar-refractivity contribution is -0.186. The predicted octanol–water partition coefficient (Wildman–Crippen LogP) is 4.31. The molecule has 0 N–H and O–H groups in total. The maximum Gasteiger partial charge on any atom is 0.232 e. The molecule has 0 bridgehead atoms. The molecule has 3 aliphatic rings. The number of carbonyl (C=O) groups excluding carboxylic acids is 2. The van der Waals surface area contributed by atoms with E-state index in [4.69, 9.17) is 6.42 Å². The number of hydrogen-bond acceptors (Lipinski definition) is 2. The first-order chi connectivity index (χ1) is 14.2. The second-order valence-electron chi connectivity index (χ2n) is 8.91. The Labute approximate surface area is 174 Å². The van der Waals surface area contributed by atoms with Crippen LogP contribution in [0.15, 0.2) is 30.3 Å². The zero-order valence-corrected chi connectivity index (χ0v) is 17.3. The van der Waals surface area contributed by atoms with E-state index in [0.717, 1.165) is 58.0 Å². The van der Waals surface area contributed by atoms with E-state index in [1.807, 2.05) is 11.0 Å². The Morgan fingerprint density at radius 2 is 1.79 bits per heavy atom. The van der Waals surface area contributed by atoms with E-state index < -0.39 is 0 Å². The van der Waals surface area contributed by atoms with Crippen LogP contribution in [0.4, 0.5) is 0 Å². The maximum atomic E-state index is 13.4. The van der Waals surface area contributed by atoms with Crippen LogP contribution in [0, 0.1) is 17.8 Å². The third-order valence-corrected chi connectivity index (χ3v) is 7.25. The lowest BCUT2D eigenvalue weighted by atomic mass is 9.59. The molecule has 1 unspecified atom stereocenters. The van der Waals surface area contributed by atoms with Gasteiger partial charge in [-0.05, 0) is 37.7 Å². The minimum atomic E-state index is -0.179. The Hall–Kier alpha value is -2.28. The number of carbonyl (C=O) groups is 2. The minimum Gasteiger partial charge on any atom is -0.343 e. The normalized spacial score (nSPS) is 24.2. The van der Waals surface area contributed by atoms with E-state index in [2.05, 4.69) is 35.1 Å². The molecule has 2 amide bonds. The molecular weight excluding hydrogens is 360 g/mol. The first-order valence-corrected chi connectivity index (χ1v) is 11.3. The third-order valence-electron chi connectivity index (χ3n) is 7.25. The highest BCUT2D eigenvalue weighted by molar-refractivity contribution is 5.91. The van der Waals surface area contributed by atoms with Crippen molar-refractivity contribution in [2.24, 2.45) is 5.41 Å².